The third-order valence-electron chi connectivity index (χ3n) is 3.30. The van der Waals surface area contributed by atoms with Crippen LogP contribution in [0.1, 0.15) is 41.3 Å². The van der Waals surface area contributed by atoms with Crippen molar-refractivity contribution in [3.8, 4) is 5.75 Å². The first kappa shape index (κ1) is 14.1. The minimum Gasteiger partial charge on any atom is -0.508 e. The minimum atomic E-state index is -0.144. The molecule has 0 aromatic heterocycles. The van der Waals surface area contributed by atoms with Crippen LogP contribution in [0.5, 0.6) is 5.75 Å². The zero-order valence-electron chi connectivity index (χ0n) is 12.0. The van der Waals surface area contributed by atoms with Crippen LogP contribution in [0.4, 0.5) is 5.69 Å². The predicted molar refractivity (Wildman–Crippen MR) is 81.3 cm³/mol. The van der Waals surface area contributed by atoms with Crippen LogP contribution in [0.3, 0.4) is 0 Å². The van der Waals surface area contributed by atoms with Crippen molar-refractivity contribution in [1.82, 2.24) is 0 Å². The number of carbonyl (C=O) groups excluding carboxylic acids is 1. The largest absolute Gasteiger partial charge is 0.508 e. The van der Waals surface area contributed by atoms with Crippen LogP contribution in [-0.2, 0) is 0 Å². The Morgan fingerprint density at radius 1 is 1.10 bits per heavy atom. The summed E-state index contributed by atoms with van der Waals surface area (Å²) in [6.07, 6.45) is 0. The summed E-state index contributed by atoms with van der Waals surface area (Å²) in [7, 11) is 0. The SMILES string of the molecule is Cc1cc(O)ccc1NC(=O)c1ccc(C(C)C)cc1. The van der Waals surface area contributed by atoms with Gasteiger partial charge in [0.1, 0.15) is 5.75 Å². The maximum Gasteiger partial charge on any atom is 0.255 e. The summed E-state index contributed by atoms with van der Waals surface area (Å²) >= 11 is 0. The molecule has 0 aliphatic heterocycles. The Hall–Kier alpha value is -2.29. The van der Waals surface area contributed by atoms with Gasteiger partial charge < -0.3 is 10.4 Å². The van der Waals surface area contributed by atoms with Gasteiger partial charge >= 0.3 is 0 Å². The summed E-state index contributed by atoms with van der Waals surface area (Å²) in [4.78, 5) is 12.2. The molecular formula is C17H19NO2. The Balaban J connectivity index is 2.15. The molecule has 0 saturated carbocycles. The molecule has 3 nitrogen and oxygen atoms in total. The van der Waals surface area contributed by atoms with E-state index in [9.17, 15) is 9.90 Å². The fraction of sp³-hybridized carbons (Fsp3) is 0.235. The second-order valence-electron chi connectivity index (χ2n) is 5.23. The molecule has 20 heavy (non-hydrogen) atoms. The van der Waals surface area contributed by atoms with E-state index in [0.717, 1.165) is 5.56 Å². The van der Waals surface area contributed by atoms with Crippen molar-refractivity contribution in [1.29, 1.82) is 0 Å². The fourth-order valence-electron chi connectivity index (χ4n) is 2.00. The number of aryl methyl sites for hydroxylation is 1. The quantitative estimate of drug-likeness (QED) is 0.825. The summed E-state index contributed by atoms with van der Waals surface area (Å²) < 4.78 is 0. The molecule has 0 spiro atoms. The minimum absolute atomic E-state index is 0.144. The average Bonchev–Trinajstić information content (AvgIpc) is 2.42. The lowest BCUT2D eigenvalue weighted by molar-refractivity contribution is 0.102. The summed E-state index contributed by atoms with van der Waals surface area (Å²) in [5.41, 5.74) is 3.38. The van der Waals surface area contributed by atoms with Crippen molar-refractivity contribution >= 4 is 11.6 Å². The van der Waals surface area contributed by atoms with E-state index >= 15 is 0 Å². The smallest absolute Gasteiger partial charge is 0.255 e. The molecule has 0 unspecified atom stereocenters. The van der Waals surface area contributed by atoms with Crippen molar-refractivity contribution in [2.24, 2.45) is 0 Å². The van der Waals surface area contributed by atoms with Gasteiger partial charge in [0, 0.05) is 11.3 Å². The van der Waals surface area contributed by atoms with E-state index in [1.807, 2.05) is 31.2 Å². The van der Waals surface area contributed by atoms with Crippen molar-refractivity contribution in [2.45, 2.75) is 26.7 Å². The third kappa shape index (κ3) is 3.18. The molecule has 0 fully saturated rings. The Kier molecular flexibility index (Phi) is 4.08. The van der Waals surface area contributed by atoms with E-state index in [1.165, 1.54) is 5.56 Å². The molecule has 2 rings (SSSR count). The molecule has 0 radical (unpaired) electrons. The molecule has 3 heteroatoms. The van der Waals surface area contributed by atoms with E-state index in [-0.39, 0.29) is 11.7 Å². The highest BCUT2D eigenvalue weighted by Crippen LogP contribution is 2.21. The lowest BCUT2D eigenvalue weighted by Crippen LogP contribution is -2.12. The van der Waals surface area contributed by atoms with Crippen LogP contribution in [0.2, 0.25) is 0 Å². The van der Waals surface area contributed by atoms with Gasteiger partial charge in [-0.2, -0.15) is 0 Å². The van der Waals surface area contributed by atoms with Gasteiger partial charge in [-0.1, -0.05) is 26.0 Å². The van der Waals surface area contributed by atoms with E-state index in [2.05, 4.69) is 19.2 Å². The fourth-order valence-corrected chi connectivity index (χ4v) is 2.00. The highest BCUT2D eigenvalue weighted by molar-refractivity contribution is 6.04. The Labute approximate surface area is 119 Å². The number of hydrogen-bond donors (Lipinski definition) is 2. The molecule has 0 saturated heterocycles. The van der Waals surface area contributed by atoms with E-state index in [0.29, 0.717) is 17.2 Å². The van der Waals surface area contributed by atoms with Crippen LogP contribution in [-0.4, -0.2) is 11.0 Å². The molecule has 0 bridgehead atoms. The molecule has 0 atom stereocenters. The van der Waals surface area contributed by atoms with Crippen LogP contribution in [0.15, 0.2) is 42.5 Å². The standard InChI is InChI=1S/C17H19NO2/c1-11(2)13-4-6-14(7-5-13)17(20)18-16-9-8-15(19)10-12(16)3/h4-11,19H,1-3H3,(H,18,20). The Morgan fingerprint density at radius 3 is 2.30 bits per heavy atom. The van der Waals surface area contributed by atoms with Crippen molar-refractivity contribution in [2.75, 3.05) is 5.32 Å². The number of aromatic hydroxyl groups is 1. The topological polar surface area (TPSA) is 49.3 Å². The first-order valence-corrected chi connectivity index (χ1v) is 6.68. The maximum absolute atomic E-state index is 12.2. The van der Waals surface area contributed by atoms with Gasteiger partial charge in [-0.15, -0.1) is 0 Å². The Bertz CT molecular complexity index is 615. The van der Waals surface area contributed by atoms with Crippen LogP contribution < -0.4 is 5.32 Å². The Morgan fingerprint density at radius 2 is 1.75 bits per heavy atom. The molecule has 1 amide bonds. The zero-order chi connectivity index (χ0) is 14.7. The summed E-state index contributed by atoms with van der Waals surface area (Å²) in [5.74, 6) is 0.502. The second-order valence-corrected chi connectivity index (χ2v) is 5.23. The van der Waals surface area contributed by atoms with Gasteiger partial charge in [-0.25, -0.2) is 0 Å². The number of phenolic OH excluding ortho intramolecular Hbond substituents is 1. The predicted octanol–water partition coefficient (Wildman–Crippen LogP) is 4.08. The number of carbonyl (C=O) groups is 1. The molecule has 0 aliphatic carbocycles. The van der Waals surface area contributed by atoms with Crippen LogP contribution >= 0.6 is 0 Å². The van der Waals surface area contributed by atoms with Gasteiger partial charge in [-0.3, -0.25) is 4.79 Å². The van der Waals surface area contributed by atoms with Crippen LogP contribution in [0, 0.1) is 6.92 Å². The molecule has 0 heterocycles. The number of amides is 1. The van der Waals surface area contributed by atoms with E-state index in [1.54, 1.807) is 18.2 Å². The van der Waals surface area contributed by atoms with Crippen LogP contribution in [0.25, 0.3) is 0 Å². The zero-order valence-corrected chi connectivity index (χ0v) is 12.0. The number of hydrogen-bond acceptors (Lipinski definition) is 2. The van der Waals surface area contributed by atoms with Gasteiger partial charge in [0.15, 0.2) is 0 Å². The lowest BCUT2D eigenvalue weighted by Gasteiger charge is -2.10. The normalized spacial score (nSPS) is 10.6. The van der Waals surface area contributed by atoms with Gasteiger partial charge in [-0.05, 0) is 54.3 Å². The monoisotopic (exact) mass is 269 g/mol. The molecular weight excluding hydrogens is 250 g/mol. The second kappa shape index (κ2) is 5.78. The molecule has 0 aliphatic rings. The van der Waals surface area contributed by atoms with E-state index < -0.39 is 0 Å². The highest BCUT2D eigenvalue weighted by atomic mass is 16.3. The number of phenols is 1. The average molecular weight is 269 g/mol. The summed E-state index contributed by atoms with van der Waals surface area (Å²) in [5, 5.41) is 12.2. The molecule has 104 valence electrons. The first-order valence-electron chi connectivity index (χ1n) is 6.68. The molecule has 2 aromatic rings. The number of rotatable bonds is 3. The number of benzene rings is 2. The maximum atomic E-state index is 12.2. The molecule has 2 aromatic carbocycles. The van der Waals surface area contributed by atoms with Crippen molar-refractivity contribution in [3.05, 3.63) is 59.2 Å². The van der Waals surface area contributed by atoms with Gasteiger partial charge in [0.2, 0.25) is 0 Å². The summed E-state index contributed by atoms with van der Waals surface area (Å²) in [6, 6.07) is 12.5. The van der Waals surface area contributed by atoms with Gasteiger partial charge in [0.25, 0.3) is 5.91 Å². The lowest BCUT2D eigenvalue weighted by atomic mass is 10.0. The van der Waals surface area contributed by atoms with Crippen molar-refractivity contribution < 1.29 is 9.90 Å². The third-order valence-corrected chi connectivity index (χ3v) is 3.30. The number of nitrogens with one attached hydrogen (secondary N) is 1. The number of anilines is 1. The molecule has 2 N–H and O–H groups in total. The van der Waals surface area contributed by atoms with E-state index in [4.69, 9.17) is 0 Å². The summed E-state index contributed by atoms with van der Waals surface area (Å²) in [6.45, 7) is 6.08. The first-order chi connectivity index (χ1) is 9.47. The van der Waals surface area contributed by atoms with Gasteiger partial charge in [0.05, 0.1) is 0 Å². The van der Waals surface area contributed by atoms with Crippen molar-refractivity contribution in [3.63, 3.8) is 0 Å². The highest BCUT2D eigenvalue weighted by Gasteiger charge is 2.08.